The Morgan fingerprint density at radius 1 is 0.864 bits per heavy atom. The topological polar surface area (TPSA) is 57.5 Å². The lowest BCUT2D eigenvalue weighted by Gasteiger charge is -2.13. The molecule has 0 aliphatic rings. The number of aliphatic hydroxyl groups is 2. The normalized spacial score (nSPS) is 13.5. The van der Waals surface area contributed by atoms with Crippen LogP contribution in [0.3, 0.4) is 0 Å². The second kappa shape index (κ2) is 8.47. The van der Waals surface area contributed by atoms with Crippen LogP contribution in [-0.2, 0) is 11.2 Å². The average molecular weight is 298 g/mol. The molecule has 3 nitrogen and oxygen atoms in total. The van der Waals surface area contributed by atoms with Gasteiger partial charge in [0.05, 0.1) is 12.2 Å². The van der Waals surface area contributed by atoms with Crippen LogP contribution in [0.1, 0.15) is 36.5 Å². The molecule has 22 heavy (non-hydrogen) atoms. The van der Waals surface area contributed by atoms with Crippen LogP contribution in [0.4, 0.5) is 0 Å². The van der Waals surface area contributed by atoms with Crippen LogP contribution < -0.4 is 0 Å². The third-order valence-corrected chi connectivity index (χ3v) is 3.68. The number of rotatable bonds is 8. The molecule has 0 aromatic heterocycles. The monoisotopic (exact) mass is 298 g/mol. The number of hydrogen-bond donors (Lipinski definition) is 2. The molecule has 0 radical (unpaired) electrons. The Morgan fingerprint density at radius 2 is 1.45 bits per heavy atom. The fraction of sp³-hybridized carbons (Fsp3) is 0.316. The SMILES string of the molecule is O=C(CC(O)CCc1ccccc1)CC(O)c1ccccc1. The molecule has 2 aromatic rings. The molecule has 0 aliphatic heterocycles. The maximum atomic E-state index is 11.9. The van der Waals surface area contributed by atoms with Gasteiger partial charge in [-0.2, -0.15) is 0 Å². The molecule has 0 amide bonds. The van der Waals surface area contributed by atoms with Crippen LogP contribution >= 0.6 is 0 Å². The molecule has 2 rings (SSSR count). The summed E-state index contributed by atoms with van der Waals surface area (Å²) in [4.78, 5) is 11.9. The first-order valence-corrected chi connectivity index (χ1v) is 7.62. The fourth-order valence-corrected chi connectivity index (χ4v) is 2.43. The van der Waals surface area contributed by atoms with E-state index in [4.69, 9.17) is 0 Å². The summed E-state index contributed by atoms with van der Waals surface area (Å²) in [6.45, 7) is 0. The first kappa shape index (κ1) is 16.4. The minimum atomic E-state index is -0.796. The van der Waals surface area contributed by atoms with Gasteiger partial charge in [0.15, 0.2) is 0 Å². The van der Waals surface area contributed by atoms with Gasteiger partial charge in [-0.1, -0.05) is 60.7 Å². The molecular weight excluding hydrogens is 276 g/mol. The van der Waals surface area contributed by atoms with Gasteiger partial charge in [0.1, 0.15) is 5.78 Å². The second-order valence-corrected chi connectivity index (χ2v) is 5.55. The number of aliphatic hydroxyl groups excluding tert-OH is 2. The molecule has 2 atom stereocenters. The highest BCUT2D eigenvalue weighted by molar-refractivity contribution is 5.79. The summed E-state index contributed by atoms with van der Waals surface area (Å²) in [6.07, 6.45) is -0.0117. The minimum Gasteiger partial charge on any atom is -0.393 e. The van der Waals surface area contributed by atoms with Gasteiger partial charge in [0.25, 0.3) is 0 Å². The smallest absolute Gasteiger partial charge is 0.138 e. The molecule has 0 spiro atoms. The molecule has 2 N–H and O–H groups in total. The van der Waals surface area contributed by atoms with E-state index in [1.807, 2.05) is 48.5 Å². The molecule has 2 unspecified atom stereocenters. The number of carbonyl (C=O) groups excluding carboxylic acids is 1. The molecule has 2 aromatic carbocycles. The lowest BCUT2D eigenvalue weighted by atomic mass is 9.99. The summed E-state index contributed by atoms with van der Waals surface area (Å²) in [5.74, 6) is -0.114. The van der Waals surface area contributed by atoms with Crippen molar-refractivity contribution in [1.82, 2.24) is 0 Å². The van der Waals surface area contributed by atoms with Crippen LogP contribution in [0.15, 0.2) is 60.7 Å². The van der Waals surface area contributed by atoms with Crippen molar-refractivity contribution in [3.05, 3.63) is 71.8 Å². The number of benzene rings is 2. The zero-order valence-electron chi connectivity index (χ0n) is 12.6. The lowest BCUT2D eigenvalue weighted by molar-refractivity contribution is -0.123. The maximum absolute atomic E-state index is 11.9. The van der Waals surface area contributed by atoms with Crippen molar-refractivity contribution in [2.75, 3.05) is 0 Å². The minimum absolute atomic E-state index is 0.0480. The number of aryl methyl sites for hydroxylation is 1. The third-order valence-electron chi connectivity index (χ3n) is 3.68. The summed E-state index contributed by atoms with van der Waals surface area (Å²) < 4.78 is 0. The van der Waals surface area contributed by atoms with Crippen molar-refractivity contribution < 1.29 is 15.0 Å². The quantitative estimate of drug-likeness (QED) is 0.787. The van der Waals surface area contributed by atoms with Crippen molar-refractivity contribution in [3.63, 3.8) is 0 Å². The molecule has 0 bridgehead atoms. The molecular formula is C19H22O3. The Bertz CT molecular complexity index is 566. The first-order chi connectivity index (χ1) is 10.6. The largest absolute Gasteiger partial charge is 0.393 e. The zero-order chi connectivity index (χ0) is 15.8. The zero-order valence-corrected chi connectivity index (χ0v) is 12.6. The summed E-state index contributed by atoms with van der Waals surface area (Å²) >= 11 is 0. The van der Waals surface area contributed by atoms with Crippen LogP contribution in [0, 0.1) is 0 Å². The van der Waals surface area contributed by atoms with E-state index < -0.39 is 12.2 Å². The highest BCUT2D eigenvalue weighted by Gasteiger charge is 2.16. The van der Waals surface area contributed by atoms with Gasteiger partial charge in [0, 0.05) is 12.8 Å². The van der Waals surface area contributed by atoms with Gasteiger partial charge < -0.3 is 10.2 Å². The Labute approximate surface area is 131 Å². The van der Waals surface area contributed by atoms with E-state index in [2.05, 4.69) is 0 Å². The number of ketones is 1. The Kier molecular flexibility index (Phi) is 6.31. The van der Waals surface area contributed by atoms with E-state index in [-0.39, 0.29) is 18.6 Å². The van der Waals surface area contributed by atoms with Crippen LogP contribution in [0.25, 0.3) is 0 Å². The highest BCUT2D eigenvalue weighted by atomic mass is 16.3. The number of Topliss-reactive ketones (excluding diaryl/α,β-unsaturated/α-hetero) is 1. The van der Waals surface area contributed by atoms with Gasteiger partial charge in [-0.05, 0) is 24.0 Å². The van der Waals surface area contributed by atoms with E-state index in [1.165, 1.54) is 0 Å². The van der Waals surface area contributed by atoms with E-state index in [9.17, 15) is 15.0 Å². The second-order valence-electron chi connectivity index (χ2n) is 5.55. The van der Waals surface area contributed by atoms with E-state index >= 15 is 0 Å². The summed E-state index contributed by atoms with van der Waals surface area (Å²) in [5.41, 5.74) is 1.88. The molecule has 3 heteroatoms. The van der Waals surface area contributed by atoms with E-state index in [0.29, 0.717) is 6.42 Å². The molecule has 0 aliphatic carbocycles. The van der Waals surface area contributed by atoms with E-state index in [1.54, 1.807) is 12.1 Å². The van der Waals surface area contributed by atoms with Crippen molar-refractivity contribution >= 4 is 5.78 Å². The van der Waals surface area contributed by atoms with Crippen molar-refractivity contribution in [2.45, 2.75) is 37.9 Å². The van der Waals surface area contributed by atoms with Crippen molar-refractivity contribution in [1.29, 1.82) is 0 Å². The highest BCUT2D eigenvalue weighted by Crippen LogP contribution is 2.18. The number of hydrogen-bond acceptors (Lipinski definition) is 3. The molecule has 0 fully saturated rings. The van der Waals surface area contributed by atoms with Crippen LogP contribution in [0.2, 0.25) is 0 Å². The van der Waals surface area contributed by atoms with Gasteiger partial charge in [-0.15, -0.1) is 0 Å². The standard InChI is InChI=1S/C19H22O3/c20-17(12-11-15-7-3-1-4-8-15)13-18(21)14-19(22)16-9-5-2-6-10-16/h1-10,17,19-20,22H,11-14H2. The van der Waals surface area contributed by atoms with Crippen LogP contribution in [-0.4, -0.2) is 22.1 Å². The van der Waals surface area contributed by atoms with Crippen LogP contribution in [0.5, 0.6) is 0 Å². The third kappa shape index (κ3) is 5.43. The Morgan fingerprint density at radius 3 is 2.09 bits per heavy atom. The van der Waals surface area contributed by atoms with Gasteiger partial charge in [-0.25, -0.2) is 0 Å². The summed E-state index contributed by atoms with van der Waals surface area (Å²) in [6, 6.07) is 19.0. The molecule has 0 saturated carbocycles. The van der Waals surface area contributed by atoms with Crippen molar-refractivity contribution in [2.24, 2.45) is 0 Å². The number of carbonyl (C=O) groups is 1. The Hall–Kier alpha value is -1.97. The van der Waals surface area contributed by atoms with Gasteiger partial charge >= 0.3 is 0 Å². The predicted molar refractivity (Wildman–Crippen MR) is 86.4 cm³/mol. The summed E-state index contributed by atoms with van der Waals surface area (Å²) in [5, 5.41) is 20.0. The molecule has 0 saturated heterocycles. The van der Waals surface area contributed by atoms with Gasteiger partial charge in [0.2, 0.25) is 0 Å². The summed E-state index contributed by atoms with van der Waals surface area (Å²) in [7, 11) is 0. The lowest BCUT2D eigenvalue weighted by Crippen LogP contribution is -2.16. The van der Waals surface area contributed by atoms with Gasteiger partial charge in [-0.3, -0.25) is 4.79 Å². The maximum Gasteiger partial charge on any atom is 0.138 e. The molecule has 116 valence electrons. The predicted octanol–water partition coefficient (Wildman–Crippen LogP) is 3.06. The van der Waals surface area contributed by atoms with E-state index in [0.717, 1.165) is 17.5 Å². The average Bonchev–Trinajstić information content (AvgIpc) is 2.54. The fourth-order valence-electron chi connectivity index (χ4n) is 2.43. The first-order valence-electron chi connectivity index (χ1n) is 7.62. The van der Waals surface area contributed by atoms with Crippen molar-refractivity contribution in [3.8, 4) is 0 Å². The Balaban J connectivity index is 1.74. The molecule has 0 heterocycles.